The first-order valence-corrected chi connectivity index (χ1v) is 41.0. The van der Waals surface area contributed by atoms with E-state index in [0.717, 1.165) is 116 Å². The number of phosphoric ester groups is 1. The number of hydrogen-bond acceptors (Lipinski definition) is 23. The number of carbonyl (C=O) groups excluding carboxylic acids is 3. The van der Waals surface area contributed by atoms with E-state index < -0.39 is 156 Å². The quantitative estimate of drug-likeness (QED) is 0.00886. The average Bonchev–Trinajstić information content (AvgIpc) is 0.762. The summed E-state index contributed by atoms with van der Waals surface area (Å²) in [7, 11) is -5.70. The average molecular weight is 1460 g/mol. The predicted molar refractivity (Wildman–Crippen MR) is 379 cm³/mol. The standard InChI is InChI=1S/C75H139O24P/c1-4-7-10-13-16-19-22-25-27-28-30-33-36-39-42-45-48-51-61(79)94-56(53-91-59(77)49-46-43-40-37-35-32-29-26-23-20-17-14-11-8-5-2)54-93-100(89,90)99-73-71(97-74-69(87)64(82)62(80)57(52-76)95-74)67(85)66(84)68(86)72(73)98-75-70(88)65(83)63(81)58(96-75)55-92-60(78)50-47-44-41-38-34-31-24-21-18-15-12-9-6-3/h20,23,56-58,62-76,80-88H,4-19,21-22,24-55H2,1-3H3,(H,89,90)/b23-20-. The van der Waals surface area contributed by atoms with Crippen LogP contribution in [0.4, 0.5) is 0 Å². The summed E-state index contributed by atoms with van der Waals surface area (Å²) < 4.78 is 65.1. The molecule has 25 heteroatoms. The number of hydrogen-bond donors (Lipinski definition) is 11. The van der Waals surface area contributed by atoms with E-state index in [1.807, 2.05) is 0 Å². The summed E-state index contributed by atoms with van der Waals surface area (Å²) in [5.74, 6) is -1.98. The van der Waals surface area contributed by atoms with Gasteiger partial charge in [-0.05, 0) is 44.9 Å². The second-order valence-electron chi connectivity index (χ2n) is 28.4. The maximum absolute atomic E-state index is 14.4. The minimum Gasteiger partial charge on any atom is -0.463 e. The first-order valence-electron chi connectivity index (χ1n) is 39.5. The van der Waals surface area contributed by atoms with Gasteiger partial charge in [0.2, 0.25) is 0 Å². The van der Waals surface area contributed by atoms with Gasteiger partial charge in [-0.3, -0.25) is 23.4 Å². The van der Waals surface area contributed by atoms with Crippen LogP contribution in [0.25, 0.3) is 0 Å². The fourth-order valence-corrected chi connectivity index (χ4v) is 14.1. The van der Waals surface area contributed by atoms with E-state index in [1.54, 1.807) is 0 Å². The summed E-state index contributed by atoms with van der Waals surface area (Å²) in [5, 5.41) is 110. The molecule has 0 bridgehead atoms. The van der Waals surface area contributed by atoms with Gasteiger partial charge in [0.1, 0.15) is 98.7 Å². The lowest BCUT2D eigenvalue weighted by Gasteiger charge is -2.49. The highest BCUT2D eigenvalue weighted by atomic mass is 31.2. The Labute approximate surface area is 599 Å². The smallest absolute Gasteiger partial charge is 0.463 e. The number of aliphatic hydroxyl groups is 10. The van der Waals surface area contributed by atoms with Crippen LogP contribution in [0.15, 0.2) is 12.2 Å². The highest BCUT2D eigenvalue weighted by molar-refractivity contribution is 7.47. The molecule has 18 unspecified atom stereocenters. The monoisotopic (exact) mass is 1450 g/mol. The maximum Gasteiger partial charge on any atom is 0.472 e. The Morgan fingerprint density at radius 2 is 0.700 bits per heavy atom. The molecule has 2 aliphatic heterocycles. The van der Waals surface area contributed by atoms with Gasteiger partial charge in [-0.1, -0.05) is 264 Å². The van der Waals surface area contributed by atoms with Crippen LogP contribution in [0.1, 0.15) is 316 Å². The lowest BCUT2D eigenvalue weighted by molar-refractivity contribution is -0.360. The molecule has 100 heavy (non-hydrogen) atoms. The molecule has 3 fully saturated rings. The van der Waals surface area contributed by atoms with Crippen LogP contribution in [0.3, 0.4) is 0 Å². The molecule has 0 radical (unpaired) electrons. The van der Waals surface area contributed by atoms with Gasteiger partial charge < -0.3 is 89.1 Å². The Morgan fingerprint density at radius 1 is 0.380 bits per heavy atom. The van der Waals surface area contributed by atoms with Crippen molar-refractivity contribution in [3.05, 3.63) is 12.2 Å². The molecule has 0 spiro atoms. The third-order valence-electron chi connectivity index (χ3n) is 19.5. The van der Waals surface area contributed by atoms with E-state index in [9.17, 15) is 74.9 Å². The number of carbonyl (C=O) groups is 3. The van der Waals surface area contributed by atoms with Crippen LogP contribution in [0, 0.1) is 0 Å². The molecule has 11 N–H and O–H groups in total. The molecule has 0 aromatic carbocycles. The molecule has 0 aromatic heterocycles. The highest BCUT2D eigenvalue weighted by Gasteiger charge is 2.58. The van der Waals surface area contributed by atoms with Crippen molar-refractivity contribution in [2.24, 2.45) is 0 Å². The molecule has 3 rings (SSSR count). The number of aliphatic hydroxyl groups excluding tert-OH is 10. The molecule has 3 aliphatic rings. The van der Waals surface area contributed by atoms with Crippen LogP contribution < -0.4 is 0 Å². The lowest BCUT2D eigenvalue weighted by atomic mass is 9.84. The van der Waals surface area contributed by atoms with Crippen molar-refractivity contribution in [3.63, 3.8) is 0 Å². The minimum atomic E-state index is -5.70. The van der Waals surface area contributed by atoms with Crippen molar-refractivity contribution >= 4 is 25.7 Å². The van der Waals surface area contributed by atoms with Crippen LogP contribution in [-0.4, -0.2) is 204 Å². The second-order valence-corrected chi connectivity index (χ2v) is 29.8. The molecule has 1 saturated carbocycles. The van der Waals surface area contributed by atoms with E-state index in [4.69, 9.17) is 42.2 Å². The van der Waals surface area contributed by atoms with Crippen LogP contribution >= 0.6 is 7.82 Å². The van der Waals surface area contributed by atoms with Crippen molar-refractivity contribution in [2.75, 3.05) is 26.4 Å². The third-order valence-corrected chi connectivity index (χ3v) is 20.5. The maximum atomic E-state index is 14.4. The molecule has 24 nitrogen and oxygen atoms in total. The van der Waals surface area contributed by atoms with Crippen molar-refractivity contribution in [1.82, 2.24) is 0 Å². The summed E-state index contributed by atoms with van der Waals surface area (Å²) in [5.41, 5.74) is 0. The molecular formula is C75H139O24P. The predicted octanol–water partition coefficient (Wildman–Crippen LogP) is 11.5. The van der Waals surface area contributed by atoms with Gasteiger partial charge in [0.05, 0.1) is 13.2 Å². The van der Waals surface area contributed by atoms with Crippen LogP contribution in [-0.2, 0) is 61.2 Å². The molecular weight excluding hydrogens is 1320 g/mol. The van der Waals surface area contributed by atoms with Gasteiger partial charge in [-0.2, -0.15) is 0 Å². The SMILES string of the molecule is CCCCCC/C=C\CCCCCCCCCC(=O)OCC(COP(=O)(O)OC1C(OC2OC(CO)C(O)C(O)C2O)C(O)C(O)C(O)C1OC1OC(COC(=O)CCCCCCCCCCCCCCC)C(O)C(O)C1O)OC(=O)CCCCCCCCCCCCCCCCCCC. The fourth-order valence-electron chi connectivity index (χ4n) is 13.1. The Kier molecular flexibility index (Phi) is 52.3. The van der Waals surface area contributed by atoms with Crippen molar-refractivity contribution in [2.45, 2.75) is 420 Å². The Morgan fingerprint density at radius 3 is 1.09 bits per heavy atom. The Hall–Kier alpha value is -2.30. The zero-order valence-corrected chi connectivity index (χ0v) is 62.4. The molecule has 0 aromatic rings. The van der Waals surface area contributed by atoms with E-state index in [0.29, 0.717) is 19.3 Å². The minimum absolute atomic E-state index is 0.0323. The number of phosphoric acid groups is 1. The summed E-state index contributed by atoms with van der Waals surface area (Å²) in [6, 6.07) is 0. The van der Waals surface area contributed by atoms with Gasteiger partial charge in [-0.25, -0.2) is 4.57 Å². The van der Waals surface area contributed by atoms with Crippen LogP contribution in [0.2, 0.25) is 0 Å². The van der Waals surface area contributed by atoms with E-state index in [1.165, 1.54) is 141 Å². The lowest BCUT2D eigenvalue weighted by Crippen LogP contribution is -2.69. The summed E-state index contributed by atoms with van der Waals surface area (Å²) in [4.78, 5) is 51.1. The van der Waals surface area contributed by atoms with Gasteiger partial charge in [0.15, 0.2) is 18.7 Å². The Balaban J connectivity index is 1.72. The number of ether oxygens (including phenoxy) is 7. The topological polar surface area (TPSA) is 374 Å². The summed E-state index contributed by atoms with van der Waals surface area (Å²) >= 11 is 0. The molecule has 2 heterocycles. The third kappa shape index (κ3) is 39.3. The normalized spacial score (nSPS) is 27.3. The summed E-state index contributed by atoms with van der Waals surface area (Å²) in [6.45, 7) is 3.46. The van der Waals surface area contributed by atoms with Gasteiger partial charge in [-0.15, -0.1) is 0 Å². The van der Waals surface area contributed by atoms with E-state index in [-0.39, 0.29) is 19.3 Å². The number of unbranched alkanes of at least 4 members (excludes halogenated alkanes) is 39. The van der Waals surface area contributed by atoms with Crippen molar-refractivity contribution in [1.29, 1.82) is 0 Å². The largest absolute Gasteiger partial charge is 0.472 e. The molecule has 588 valence electrons. The highest BCUT2D eigenvalue weighted by Crippen LogP contribution is 2.49. The first-order chi connectivity index (χ1) is 48.3. The Bertz CT molecular complexity index is 2110. The number of allylic oxidation sites excluding steroid dienone is 2. The molecule has 18 atom stereocenters. The van der Waals surface area contributed by atoms with Gasteiger partial charge in [0, 0.05) is 19.3 Å². The van der Waals surface area contributed by atoms with Crippen molar-refractivity contribution in [3.8, 4) is 0 Å². The van der Waals surface area contributed by atoms with Crippen LogP contribution in [0.5, 0.6) is 0 Å². The molecule has 2 saturated heterocycles. The van der Waals surface area contributed by atoms with E-state index >= 15 is 0 Å². The fraction of sp³-hybridized carbons (Fsp3) is 0.933. The zero-order valence-electron chi connectivity index (χ0n) is 61.5. The molecule has 1 aliphatic carbocycles. The second kappa shape index (κ2) is 57.0. The summed E-state index contributed by atoms with van der Waals surface area (Å²) in [6.07, 6.45) is 16.8. The van der Waals surface area contributed by atoms with Gasteiger partial charge in [0.25, 0.3) is 0 Å². The van der Waals surface area contributed by atoms with E-state index in [2.05, 4.69) is 32.9 Å². The zero-order chi connectivity index (χ0) is 73.2. The first kappa shape index (κ1) is 91.9. The number of rotatable bonds is 62. The molecule has 0 amide bonds. The van der Waals surface area contributed by atoms with Gasteiger partial charge >= 0.3 is 25.7 Å². The van der Waals surface area contributed by atoms with Crippen molar-refractivity contribution < 1.29 is 117 Å². The number of esters is 3.